The Kier molecular flexibility index (Phi) is 7.99. The van der Waals surface area contributed by atoms with Crippen LogP contribution in [-0.2, 0) is 28.5 Å². The number of methoxy groups -OCH3 is 1. The quantitative estimate of drug-likeness (QED) is 0.482. The van der Waals surface area contributed by atoms with Gasteiger partial charge in [0.1, 0.15) is 17.5 Å². The van der Waals surface area contributed by atoms with Crippen molar-refractivity contribution in [3.05, 3.63) is 0 Å². The van der Waals surface area contributed by atoms with Gasteiger partial charge in [-0.2, -0.15) is 0 Å². The second-order valence-corrected chi connectivity index (χ2v) is 6.07. The second-order valence-electron chi connectivity index (χ2n) is 5.26. The van der Waals surface area contributed by atoms with Crippen molar-refractivity contribution in [1.29, 1.82) is 0 Å². The Bertz CT molecular complexity index is 423. The van der Waals surface area contributed by atoms with Gasteiger partial charge in [-0.25, -0.2) is 0 Å². The first-order chi connectivity index (χ1) is 10.7. The minimum atomic E-state index is -1.09. The Morgan fingerprint density at radius 2 is 1.61 bits per heavy atom. The maximum absolute atomic E-state index is 11.8. The maximum Gasteiger partial charge on any atom is 0.323 e. The Balaban J connectivity index is 3.04. The van der Waals surface area contributed by atoms with Gasteiger partial charge in [-0.05, 0) is 13.8 Å². The van der Waals surface area contributed by atoms with Crippen LogP contribution >= 0.6 is 23.2 Å². The van der Waals surface area contributed by atoms with Crippen molar-refractivity contribution in [2.24, 2.45) is 11.5 Å². The average Bonchev–Trinajstić information content (AvgIpc) is 2.50. The molecule has 134 valence electrons. The minimum absolute atomic E-state index is 0.0359. The number of hydrogen-bond acceptors (Lipinski definition) is 8. The van der Waals surface area contributed by atoms with Gasteiger partial charge in [0, 0.05) is 7.11 Å². The molecule has 0 bridgehead atoms. The smallest absolute Gasteiger partial charge is 0.323 e. The van der Waals surface area contributed by atoms with Crippen molar-refractivity contribution in [3.63, 3.8) is 0 Å². The molecule has 7 atom stereocenters. The van der Waals surface area contributed by atoms with E-state index in [1.54, 1.807) is 0 Å². The molecule has 10 heteroatoms. The predicted molar refractivity (Wildman–Crippen MR) is 83.1 cm³/mol. The number of carbonyl (C=O) groups excluding carboxylic acids is 2. The van der Waals surface area contributed by atoms with E-state index < -0.39 is 54.0 Å². The third kappa shape index (κ3) is 5.17. The molecule has 0 saturated carbocycles. The van der Waals surface area contributed by atoms with E-state index in [1.807, 2.05) is 0 Å². The fourth-order valence-electron chi connectivity index (χ4n) is 1.92. The van der Waals surface area contributed by atoms with Gasteiger partial charge in [0.05, 0.1) is 12.0 Å². The third-order valence-electron chi connectivity index (χ3n) is 3.20. The molecule has 1 aliphatic rings. The molecule has 0 aliphatic carbocycles. The Morgan fingerprint density at radius 1 is 1.13 bits per heavy atom. The highest BCUT2D eigenvalue weighted by Gasteiger charge is 2.50. The molecule has 0 spiro atoms. The fraction of sp³-hybridized carbons (Fsp3) is 0.846. The van der Waals surface area contributed by atoms with Crippen molar-refractivity contribution in [2.45, 2.75) is 55.9 Å². The lowest BCUT2D eigenvalue weighted by Gasteiger charge is -2.42. The first kappa shape index (κ1) is 20.4. The predicted octanol–water partition coefficient (Wildman–Crippen LogP) is -0.278. The lowest BCUT2D eigenvalue weighted by atomic mass is 10.0. The fourth-order valence-corrected chi connectivity index (χ4v) is 2.62. The van der Waals surface area contributed by atoms with Gasteiger partial charge in [-0.3, -0.25) is 9.59 Å². The number of esters is 2. The van der Waals surface area contributed by atoms with Crippen LogP contribution in [0, 0.1) is 0 Å². The molecule has 4 N–H and O–H groups in total. The van der Waals surface area contributed by atoms with Gasteiger partial charge >= 0.3 is 11.9 Å². The van der Waals surface area contributed by atoms with Crippen LogP contribution in [-0.4, -0.2) is 67.0 Å². The first-order valence-corrected chi connectivity index (χ1v) is 8.00. The zero-order chi connectivity index (χ0) is 17.7. The van der Waals surface area contributed by atoms with Gasteiger partial charge in [0.25, 0.3) is 0 Å². The molecule has 23 heavy (non-hydrogen) atoms. The van der Waals surface area contributed by atoms with E-state index >= 15 is 0 Å². The Morgan fingerprint density at radius 3 is 2.00 bits per heavy atom. The van der Waals surface area contributed by atoms with Crippen LogP contribution < -0.4 is 11.5 Å². The van der Waals surface area contributed by atoms with Gasteiger partial charge in [0.2, 0.25) is 0 Å². The molecule has 0 aromatic heterocycles. The van der Waals surface area contributed by atoms with Crippen LogP contribution in [0.2, 0.25) is 0 Å². The van der Waals surface area contributed by atoms with Crippen molar-refractivity contribution in [3.8, 4) is 0 Å². The van der Waals surface area contributed by atoms with Crippen molar-refractivity contribution in [2.75, 3.05) is 13.0 Å². The average molecular weight is 373 g/mol. The molecule has 0 amide bonds. The molecule has 0 aromatic carbocycles. The lowest BCUT2D eigenvalue weighted by Crippen LogP contribution is -2.60. The van der Waals surface area contributed by atoms with Gasteiger partial charge in [0.15, 0.2) is 18.5 Å². The highest BCUT2D eigenvalue weighted by atomic mass is 35.5. The SMILES string of the molecule is CO[C@@H]1O[C@H](CCl)[C@H](Cl)[C@H](OC(=O)[C@H](C)N)[C@H]1OC(=O)[C@H](C)N. The normalized spacial score (nSPS) is 33.6. The van der Waals surface area contributed by atoms with Gasteiger partial charge < -0.3 is 30.4 Å². The molecule has 1 aliphatic heterocycles. The van der Waals surface area contributed by atoms with Crippen LogP contribution in [0.15, 0.2) is 0 Å². The van der Waals surface area contributed by atoms with E-state index in [-0.39, 0.29) is 5.88 Å². The van der Waals surface area contributed by atoms with E-state index in [1.165, 1.54) is 21.0 Å². The summed E-state index contributed by atoms with van der Waals surface area (Å²) in [5.41, 5.74) is 11.0. The molecule has 1 heterocycles. The monoisotopic (exact) mass is 372 g/mol. The van der Waals surface area contributed by atoms with Crippen LogP contribution in [0.3, 0.4) is 0 Å². The largest absolute Gasteiger partial charge is 0.455 e. The number of halogens is 2. The molecule has 0 radical (unpaired) electrons. The van der Waals surface area contributed by atoms with E-state index in [4.69, 9.17) is 53.6 Å². The lowest BCUT2D eigenvalue weighted by molar-refractivity contribution is -0.263. The Hall–Kier alpha value is -0.640. The summed E-state index contributed by atoms with van der Waals surface area (Å²) >= 11 is 12.1. The molecular weight excluding hydrogens is 351 g/mol. The summed E-state index contributed by atoms with van der Waals surface area (Å²) in [6, 6.07) is -1.75. The number of ether oxygens (including phenoxy) is 4. The maximum atomic E-state index is 11.8. The summed E-state index contributed by atoms with van der Waals surface area (Å²) in [4.78, 5) is 23.6. The van der Waals surface area contributed by atoms with E-state index in [9.17, 15) is 9.59 Å². The van der Waals surface area contributed by atoms with Crippen molar-refractivity contribution in [1.82, 2.24) is 0 Å². The number of rotatable bonds is 6. The summed E-state index contributed by atoms with van der Waals surface area (Å²) < 4.78 is 21.2. The number of alkyl halides is 2. The minimum Gasteiger partial charge on any atom is -0.455 e. The second kappa shape index (κ2) is 9.00. The highest BCUT2D eigenvalue weighted by Crippen LogP contribution is 2.31. The van der Waals surface area contributed by atoms with Gasteiger partial charge in [-0.1, -0.05) is 0 Å². The van der Waals surface area contributed by atoms with Crippen molar-refractivity contribution < 1.29 is 28.5 Å². The molecule has 1 rings (SSSR count). The summed E-state index contributed by atoms with van der Waals surface area (Å²) in [7, 11) is 1.35. The first-order valence-electron chi connectivity index (χ1n) is 7.03. The molecular formula is C13H22Cl2N2O6. The number of hydrogen-bond donors (Lipinski definition) is 2. The van der Waals surface area contributed by atoms with E-state index in [0.29, 0.717) is 0 Å². The summed E-state index contributed by atoms with van der Waals surface area (Å²) in [5.74, 6) is -1.38. The summed E-state index contributed by atoms with van der Waals surface area (Å²) in [5, 5.41) is -0.854. The summed E-state index contributed by atoms with van der Waals surface area (Å²) in [6.07, 6.45) is -3.81. The number of nitrogens with two attached hydrogens (primary N) is 2. The molecule has 0 unspecified atom stereocenters. The van der Waals surface area contributed by atoms with Gasteiger partial charge in [-0.15, -0.1) is 23.2 Å². The molecule has 0 aromatic rings. The zero-order valence-electron chi connectivity index (χ0n) is 13.1. The molecule has 1 saturated heterocycles. The van der Waals surface area contributed by atoms with Crippen LogP contribution in [0.5, 0.6) is 0 Å². The van der Waals surface area contributed by atoms with Crippen LogP contribution in [0.4, 0.5) is 0 Å². The topological polar surface area (TPSA) is 123 Å². The highest BCUT2D eigenvalue weighted by molar-refractivity contribution is 6.23. The van der Waals surface area contributed by atoms with Crippen molar-refractivity contribution >= 4 is 35.1 Å². The van der Waals surface area contributed by atoms with Crippen LogP contribution in [0.25, 0.3) is 0 Å². The summed E-state index contributed by atoms with van der Waals surface area (Å²) in [6.45, 7) is 2.91. The van der Waals surface area contributed by atoms with E-state index in [0.717, 1.165) is 0 Å². The van der Waals surface area contributed by atoms with Crippen LogP contribution in [0.1, 0.15) is 13.8 Å². The third-order valence-corrected chi connectivity index (χ3v) is 4.04. The molecule has 1 fully saturated rings. The molecule has 8 nitrogen and oxygen atoms in total. The zero-order valence-corrected chi connectivity index (χ0v) is 14.6. The standard InChI is InChI=1S/C13H22Cl2N2O6/c1-5(16)11(18)22-9-8(15)7(4-14)21-13(20-3)10(9)23-12(19)6(2)17/h5-10,13H,4,16-17H2,1-3H3/t5-,6-,7+,8-,9-,10+,13+/m0/s1. The number of carbonyl (C=O) groups is 2. The van der Waals surface area contributed by atoms with E-state index in [2.05, 4.69) is 0 Å². The Labute approximate surface area is 144 Å².